The topological polar surface area (TPSA) is 92.8 Å². The normalized spacial score (nSPS) is 11.3. The Balaban J connectivity index is 2.92. The number of amides is 2. The van der Waals surface area contributed by atoms with Crippen LogP contribution in [0.3, 0.4) is 0 Å². The van der Waals surface area contributed by atoms with Gasteiger partial charge in [0, 0.05) is 6.54 Å². The molecule has 0 unspecified atom stereocenters. The molecule has 0 spiro atoms. The fourth-order valence-electron chi connectivity index (χ4n) is 1.63. The van der Waals surface area contributed by atoms with Gasteiger partial charge in [-0.05, 0) is 25.1 Å². The van der Waals surface area contributed by atoms with Crippen LogP contribution in [0, 0.1) is 11.6 Å². The SMILES string of the molecule is CCOC(=O)NC(=O)CN(CC)S(=O)(=O)c1ccc(F)c(F)c1. The number of alkyl carbamates (subject to hydrolysis) is 1. The zero-order valence-electron chi connectivity index (χ0n) is 12.5. The summed E-state index contributed by atoms with van der Waals surface area (Å²) < 4.78 is 55.9. The van der Waals surface area contributed by atoms with E-state index in [1.54, 1.807) is 0 Å². The number of carbonyl (C=O) groups is 2. The van der Waals surface area contributed by atoms with Gasteiger partial charge in [-0.25, -0.2) is 22.0 Å². The molecule has 0 saturated carbocycles. The standard InChI is InChI=1S/C13H16F2N2O5S/c1-3-17(8-12(18)16-13(19)22-4-2)23(20,21)9-5-6-10(14)11(15)7-9/h5-7H,3-4,8H2,1-2H3,(H,16,18,19). The van der Waals surface area contributed by atoms with Gasteiger partial charge < -0.3 is 4.74 Å². The van der Waals surface area contributed by atoms with Crippen molar-refractivity contribution in [1.82, 2.24) is 9.62 Å². The van der Waals surface area contributed by atoms with E-state index in [2.05, 4.69) is 4.74 Å². The number of halogens is 2. The van der Waals surface area contributed by atoms with E-state index in [-0.39, 0.29) is 13.2 Å². The Morgan fingerprint density at radius 1 is 1.22 bits per heavy atom. The average Bonchev–Trinajstić information content (AvgIpc) is 2.47. The van der Waals surface area contributed by atoms with Crippen LogP contribution < -0.4 is 5.32 Å². The zero-order valence-corrected chi connectivity index (χ0v) is 13.3. The molecule has 0 bridgehead atoms. The van der Waals surface area contributed by atoms with Crippen molar-refractivity contribution < 1.29 is 31.5 Å². The van der Waals surface area contributed by atoms with E-state index in [1.165, 1.54) is 13.8 Å². The molecule has 23 heavy (non-hydrogen) atoms. The van der Waals surface area contributed by atoms with Crippen LogP contribution >= 0.6 is 0 Å². The van der Waals surface area contributed by atoms with Crippen molar-refractivity contribution in [1.29, 1.82) is 0 Å². The van der Waals surface area contributed by atoms with Gasteiger partial charge in [0.05, 0.1) is 18.0 Å². The Hall–Kier alpha value is -2.07. The second-order valence-corrected chi connectivity index (χ2v) is 6.21. The van der Waals surface area contributed by atoms with Gasteiger partial charge in [0.1, 0.15) is 0 Å². The van der Waals surface area contributed by atoms with Crippen LogP contribution in [-0.2, 0) is 19.6 Å². The molecule has 7 nitrogen and oxygen atoms in total. The molecule has 1 aromatic rings. The first-order chi connectivity index (χ1) is 10.7. The molecule has 0 heterocycles. The van der Waals surface area contributed by atoms with Crippen molar-refractivity contribution in [3.05, 3.63) is 29.8 Å². The number of sulfonamides is 1. The third kappa shape index (κ3) is 4.96. The summed E-state index contributed by atoms with van der Waals surface area (Å²) >= 11 is 0. The van der Waals surface area contributed by atoms with Gasteiger partial charge in [-0.3, -0.25) is 10.1 Å². The Morgan fingerprint density at radius 3 is 2.39 bits per heavy atom. The number of hydrogen-bond donors (Lipinski definition) is 1. The van der Waals surface area contributed by atoms with Crippen LogP contribution in [0.1, 0.15) is 13.8 Å². The molecule has 1 aromatic carbocycles. The number of ether oxygens (including phenoxy) is 1. The first kappa shape index (κ1) is 19.0. The average molecular weight is 350 g/mol. The highest BCUT2D eigenvalue weighted by Gasteiger charge is 2.27. The lowest BCUT2D eigenvalue weighted by molar-refractivity contribution is -0.120. The molecular formula is C13H16F2N2O5S. The lowest BCUT2D eigenvalue weighted by atomic mass is 10.3. The number of nitrogens with zero attached hydrogens (tertiary/aromatic N) is 1. The van der Waals surface area contributed by atoms with Crippen LogP contribution in [0.25, 0.3) is 0 Å². The van der Waals surface area contributed by atoms with E-state index < -0.39 is 45.1 Å². The molecule has 0 aliphatic heterocycles. The van der Waals surface area contributed by atoms with Crippen LogP contribution in [0.2, 0.25) is 0 Å². The van der Waals surface area contributed by atoms with E-state index in [0.29, 0.717) is 16.4 Å². The Kier molecular flexibility index (Phi) is 6.58. The summed E-state index contributed by atoms with van der Waals surface area (Å²) in [5.74, 6) is -3.42. The predicted molar refractivity (Wildman–Crippen MR) is 76.0 cm³/mol. The molecule has 128 valence electrons. The molecule has 10 heteroatoms. The highest BCUT2D eigenvalue weighted by Crippen LogP contribution is 2.18. The number of carbonyl (C=O) groups excluding carboxylic acids is 2. The van der Waals surface area contributed by atoms with Gasteiger partial charge in [-0.15, -0.1) is 0 Å². The molecule has 0 radical (unpaired) electrons. The fourth-order valence-corrected chi connectivity index (χ4v) is 3.05. The monoisotopic (exact) mass is 350 g/mol. The second kappa shape index (κ2) is 7.97. The van der Waals surface area contributed by atoms with Gasteiger partial charge in [0.25, 0.3) is 0 Å². The highest BCUT2D eigenvalue weighted by atomic mass is 32.2. The summed E-state index contributed by atoms with van der Waals surface area (Å²) in [5.41, 5.74) is 0. The van der Waals surface area contributed by atoms with Gasteiger partial charge in [-0.2, -0.15) is 4.31 Å². The second-order valence-electron chi connectivity index (χ2n) is 4.28. The number of imide groups is 1. The molecular weight excluding hydrogens is 334 g/mol. The number of hydrogen-bond acceptors (Lipinski definition) is 5. The maximum atomic E-state index is 13.2. The van der Waals surface area contributed by atoms with Crippen LogP contribution in [0.4, 0.5) is 13.6 Å². The van der Waals surface area contributed by atoms with Crippen LogP contribution in [0.15, 0.2) is 23.1 Å². The van der Waals surface area contributed by atoms with Crippen molar-refractivity contribution in [2.75, 3.05) is 19.7 Å². The van der Waals surface area contributed by atoms with E-state index >= 15 is 0 Å². The Morgan fingerprint density at radius 2 is 1.87 bits per heavy atom. The minimum absolute atomic E-state index is 0.0454. The van der Waals surface area contributed by atoms with Crippen molar-refractivity contribution >= 4 is 22.0 Å². The molecule has 1 N–H and O–H groups in total. The number of rotatable bonds is 6. The first-order valence-electron chi connectivity index (χ1n) is 6.64. The van der Waals surface area contributed by atoms with E-state index in [0.717, 1.165) is 6.07 Å². The van der Waals surface area contributed by atoms with Crippen molar-refractivity contribution in [2.24, 2.45) is 0 Å². The van der Waals surface area contributed by atoms with Crippen LogP contribution in [-0.4, -0.2) is 44.4 Å². The van der Waals surface area contributed by atoms with Crippen molar-refractivity contribution in [3.63, 3.8) is 0 Å². The third-order valence-electron chi connectivity index (χ3n) is 2.72. The van der Waals surface area contributed by atoms with Crippen LogP contribution in [0.5, 0.6) is 0 Å². The summed E-state index contributed by atoms with van der Waals surface area (Å²) in [5, 5.41) is 1.85. The molecule has 0 saturated heterocycles. The number of likely N-dealkylation sites (N-methyl/N-ethyl adjacent to an activating group) is 1. The lowest BCUT2D eigenvalue weighted by Gasteiger charge is -2.19. The molecule has 2 amide bonds. The summed E-state index contributed by atoms with van der Waals surface area (Å²) in [7, 11) is -4.22. The minimum Gasteiger partial charge on any atom is -0.450 e. The van der Waals surface area contributed by atoms with E-state index in [4.69, 9.17) is 0 Å². The van der Waals surface area contributed by atoms with Gasteiger partial charge >= 0.3 is 6.09 Å². The summed E-state index contributed by atoms with van der Waals surface area (Å²) in [6, 6.07) is 2.09. The lowest BCUT2D eigenvalue weighted by Crippen LogP contribution is -2.42. The molecule has 0 atom stereocenters. The summed E-state index contributed by atoms with van der Waals surface area (Å²) in [6.45, 7) is 2.25. The quantitative estimate of drug-likeness (QED) is 0.833. The van der Waals surface area contributed by atoms with Crippen molar-refractivity contribution in [2.45, 2.75) is 18.7 Å². The largest absolute Gasteiger partial charge is 0.450 e. The first-order valence-corrected chi connectivity index (χ1v) is 8.08. The summed E-state index contributed by atoms with van der Waals surface area (Å²) in [6.07, 6.45) is -1.00. The van der Waals surface area contributed by atoms with Crippen molar-refractivity contribution in [3.8, 4) is 0 Å². The third-order valence-corrected chi connectivity index (χ3v) is 4.64. The zero-order chi connectivity index (χ0) is 17.6. The highest BCUT2D eigenvalue weighted by molar-refractivity contribution is 7.89. The smallest absolute Gasteiger partial charge is 0.413 e. The predicted octanol–water partition coefficient (Wildman–Crippen LogP) is 1.25. The fraction of sp³-hybridized carbons (Fsp3) is 0.385. The molecule has 0 aliphatic carbocycles. The van der Waals surface area contributed by atoms with E-state index in [9.17, 15) is 26.8 Å². The Labute approximate surface area is 132 Å². The molecule has 0 aliphatic rings. The van der Waals surface area contributed by atoms with Gasteiger partial charge in [0.2, 0.25) is 15.9 Å². The Bertz CT molecular complexity index is 694. The van der Waals surface area contributed by atoms with Gasteiger partial charge in [-0.1, -0.05) is 6.92 Å². The number of nitrogens with one attached hydrogen (secondary N) is 1. The minimum atomic E-state index is -4.22. The van der Waals surface area contributed by atoms with Gasteiger partial charge in [0.15, 0.2) is 11.6 Å². The summed E-state index contributed by atoms with van der Waals surface area (Å²) in [4.78, 5) is 22.3. The molecule has 0 aromatic heterocycles. The number of benzene rings is 1. The molecule has 0 fully saturated rings. The molecule has 1 rings (SSSR count). The van der Waals surface area contributed by atoms with E-state index in [1.807, 2.05) is 5.32 Å². The maximum Gasteiger partial charge on any atom is 0.413 e. The maximum absolute atomic E-state index is 13.2.